The van der Waals surface area contributed by atoms with E-state index in [-0.39, 0.29) is 11.9 Å². The largest absolute Gasteiger partial charge is 0.469 e. The topological polar surface area (TPSA) is 51.2 Å². The lowest BCUT2D eigenvalue weighted by atomic mass is 10.0. The van der Waals surface area contributed by atoms with Crippen molar-refractivity contribution in [3.8, 4) is 0 Å². The van der Waals surface area contributed by atoms with Gasteiger partial charge in [0.15, 0.2) is 0 Å². The molecule has 3 nitrogen and oxygen atoms in total. The molecule has 0 amide bonds. The Morgan fingerprint density at radius 3 is 2.89 bits per heavy atom. The summed E-state index contributed by atoms with van der Waals surface area (Å²) in [6.07, 6.45) is 3.00. The molecule has 0 fully saturated rings. The van der Waals surface area contributed by atoms with Crippen molar-refractivity contribution in [3.63, 3.8) is 0 Å². The fourth-order valence-electron chi connectivity index (χ4n) is 1.85. The van der Waals surface area contributed by atoms with Crippen LogP contribution in [0.15, 0.2) is 41.0 Å². The first-order chi connectivity index (χ1) is 8.70. The molecule has 0 spiro atoms. The molecule has 2 aromatic rings. The van der Waals surface area contributed by atoms with Gasteiger partial charge in [-0.25, -0.2) is 4.39 Å². The number of nitrogens with two attached hydrogens (primary N) is 1. The molecule has 2 rings (SSSR count). The van der Waals surface area contributed by atoms with E-state index < -0.39 is 0 Å². The van der Waals surface area contributed by atoms with Crippen LogP contribution in [-0.2, 0) is 6.42 Å². The minimum atomic E-state index is -0.326. The highest BCUT2D eigenvalue weighted by Crippen LogP contribution is 2.26. The number of hydrazine groups is 1. The lowest BCUT2D eigenvalue weighted by Gasteiger charge is -2.17. The summed E-state index contributed by atoms with van der Waals surface area (Å²) >= 11 is 6.04. The minimum Gasteiger partial charge on any atom is -0.469 e. The van der Waals surface area contributed by atoms with E-state index >= 15 is 0 Å². The summed E-state index contributed by atoms with van der Waals surface area (Å²) in [4.78, 5) is 0. The smallest absolute Gasteiger partial charge is 0.123 e. The van der Waals surface area contributed by atoms with E-state index in [2.05, 4.69) is 5.43 Å². The minimum absolute atomic E-state index is 0.210. The zero-order chi connectivity index (χ0) is 13.0. The van der Waals surface area contributed by atoms with E-state index in [0.29, 0.717) is 23.4 Å². The molecule has 1 unspecified atom stereocenters. The molecule has 0 aliphatic rings. The second-order valence-electron chi connectivity index (χ2n) is 4.00. The Kier molecular flexibility index (Phi) is 4.36. The molecular formula is C13H14ClFN2O. The van der Waals surface area contributed by atoms with E-state index in [1.165, 1.54) is 18.2 Å². The van der Waals surface area contributed by atoms with Gasteiger partial charge in [0.2, 0.25) is 0 Å². The van der Waals surface area contributed by atoms with Gasteiger partial charge in [0, 0.05) is 17.5 Å². The summed E-state index contributed by atoms with van der Waals surface area (Å²) in [6, 6.07) is 7.76. The molecule has 1 aromatic carbocycles. The quantitative estimate of drug-likeness (QED) is 0.647. The number of nitrogens with one attached hydrogen (secondary N) is 1. The van der Waals surface area contributed by atoms with Gasteiger partial charge >= 0.3 is 0 Å². The zero-order valence-electron chi connectivity index (χ0n) is 9.70. The molecule has 0 saturated heterocycles. The molecule has 5 heteroatoms. The van der Waals surface area contributed by atoms with Crippen LogP contribution in [0, 0.1) is 5.82 Å². The molecule has 0 radical (unpaired) electrons. The Labute approximate surface area is 110 Å². The Morgan fingerprint density at radius 2 is 2.22 bits per heavy atom. The maximum absolute atomic E-state index is 13.2. The summed E-state index contributed by atoms with van der Waals surface area (Å²) in [7, 11) is 0. The summed E-state index contributed by atoms with van der Waals surface area (Å²) in [5.41, 5.74) is 3.31. The number of halogens is 2. The maximum Gasteiger partial charge on any atom is 0.123 e. The summed E-state index contributed by atoms with van der Waals surface area (Å²) in [6.45, 7) is 0. The number of furan rings is 1. The van der Waals surface area contributed by atoms with Crippen LogP contribution in [0.4, 0.5) is 4.39 Å². The highest BCUT2D eigenvalue weighted by molar-refractivity contribution is 6.31. The van der Waals surface area contributed by atoms with Crippen molar-refractivity contribution in [1.82, 2.24) is 5.43 Å². The van der Waals surface area contributed by atoms with Crippen LogP contribution >= 0.6 is 11.6 Å². The number of hydrogen-bond acceptors (Lipinski definition) is 3. The van der Waals surface area contributed by atoms with Gasteiger partial charge in [-0.1, -0.05) is 11.6 Å². The molecular weight excluding hydrogens is 255 g/mol. The Balaban J connectivity index is 2.10. The van der Waals surface area contributed by atoms with Gasteiger partial charge in [-0.05, 0) is 42.3 Å². The van der Waals surface area contributed by atoms with Crippen LogP contribution in [0.3, 0.4) is 0 Å². The van der Waals surface area contributed by atoms with Gasteiger partial charge in [-0.2, -0.15) is 0 Å². The van der Waals surface area contributed by atoms with Gasteiger partial charge < -0.3 is 4.42 Å². The second-order valence-corrected chi connectivity index (χ2v) is 4.41. The first-order valence-corrected chi connectivity index (χ1v) is 6.02. The lowest BCUT2D eigenvalue weighted by molar-refractivity contribution is 0.457. The highest BCUT2D eigenvalue weighted by atomic mass is 35.5. The van der Waals surface area contributed by atoms with Crippen LogP contribution in [0.25, 0.3) is 0 Å². The van der Waals surface area contributed by atoms with Crippen LogP contribution in [0.5, 0.6) is 0 Å². The van der Waals surface area contributed by atoms with E-state index in [1.54, 1.807) is 6.26 Å². The van der Waals surface area contributed by atoms with Crippen molar-refractivity contribution >= 4 is 11.6 Å². The zero-order valence-corrected chi connectivity index (χ0v) is 10.5. The highest BCUT2D eigenvalue weighted by Gasteiger charge is 2.14. The van der Waals surface area contributed by atoms with E-state index in [0.717, 1.165) is 5.76 Å². The molecule has 18 heavy (non-hydrogen) atoms. The van der Waals surface area contributed by atoms with Crippen molar-refractivity contribution in [2.45, 2.75) is 18.9 Å². The van der Waals surface area contributed by atoms with Gasteiger partial charge in [0.25, 0.3) is 0 Å². The first-order valence-electron chi connectivity index (χ1n) is 5.64. The van der Waals surface area contributed by atoms with Crippen LogP contribution in [-0.4, -0.2) is 0 Å². The fraction of sp³-hybridized carbons (Fsp3) is 0.231. The van der Waals surface area contributed by atoms with Crippen molar-refractivity contribution in [1.29, 1.82) is 0 Å². The molecule has 0 aliphatic carbocycles. The third-order valence-electron chi connectivity index (χ3n) is 2.79. The summed E-state index contributed by atoms with van der Waals surface area (Å²) < 4.78 is 18.5. The van der Waals surface area contributed by atoms with E-state index in [1.807, 2.05) is 12.1 Å². The van der Waals surface area contributed by atoms with Crippen LogP contribution in [0.2, 0.25) is 5.02 Å². The van der Waals surface area contributed by atoms with E-state index in [9.17, 15) is 4.39 Å². The number of aryl methyl sites for hydroxylation is 1. The van der Waals surface area contributed by atoms with E-state index in [4.69, 9.17) is 21.9 Å². The monoisotopic (exact) mass is 268 g/mol. The first kappa shape index (κ1) is 13.1. The van der Waals surface area contributed by atoms with Crippen molar-refractivity contribution in [2.24, 2.45) is 5.84 Å². The summed E-state index contributed by atoms with van der Waals surface area (Å²) in [5.74, 6) is 6.04. The number of benzene rings is 1. The molecule has 1 aromatic heterocycles. The molecule has 96 valence electrons. The fourth-order valence-corrected chi connectivity index (χ4v) is 2.10. The molecule has 0 saturated carbocycles. The van der Waals surface area contributed by atoms with Gasteiger partial charge in [-0.15, -0.1) is 0 Å². The van der Waals surface area contributed by atoms with Gasteiger partial charge in [0.05, 0.1) is 6.26 Å². The van der Waals surface area contributed by atoms with Crippen LogP contribution in [0.1, 0.15) is 23.8 Å². The molecule has 0 bridgehead atoms. The maximum atomic E-state index is 13.2. The summed E-state index contributed by atoms with van der Waals surface area (Å²) in [5, 5.41) is 0.499. The average Bonchev–Trinajstić information content (AvgIpc) is 2.87. The second kappa shape index (κ2) is 6.00. The Morgan fingerprint density at radius 1 is 1.39 bits per heavy atom. The molecule has 1 atom stereocenters. The van der Waals surface area contributed by atoms with Gasteiger partial charge in [-0.3, -0.25) is 11.3 Å². The lowest BCUT2D eigenvalue weighted by Crippen LogP contribution is -2.28. The predicted molar refractivity (Wildman–Crippen MR) is 68.5 cm³/mol. The third-order valence-corrected chi connectivity index (χ3v) is 3.14. The van der Waals surface area contributed by atoms with Crippen molar-refractivity contribution in [2.75, 3.05) is 0 Å². The Hall–Kier alpha value is -1.36. The van der Waals surface area contributed by atoms with Crippen LogP contribution < -0.4 is 11.3 Å². The SMILES string of the molecule is NNC(CCc1ccco1)c1cc(F)ccc1Cl. The van der Waals surface area contributed by atoms with Crippen molar-refractivity contribution < 1.29 is 8.81 Å². The number of rotatable bonds is 5. The molecule has 3 N–H and O–H groups in total. The predicted octanol–water partition coefficient (Wildman–Crippen LogP) is 3.21. The normalized spacial score (nSPS) is 12.6. The molecule has 1 heterocycles. The van der Waals surface area contributed by atoms with Crippen molar-refractivity contribution in [3.05, 3.63) is 58.8 Å². The average molecular weight is 269 g/mol. The number of hydrogen-bond donors (Lipinski definition) is 2. The standard InChI is InChI=1S/C13H14ClFN2O/c14-12-5-3-9(15)8-11(12)13(17-16)6-4-10-2-1-7-18-10/h1-3,5,7-8,13,17H,4,6,16H2. The molecule has 0 aliphatic heterocycles. The Bertz CT molecular complexity index is 502. The third kappa shape index (κ3) is 3.10. The van der Waals surface area contributed by atoms with Gasteiger partial charge in [0.1, 0.15) is 11.6 Å².